The highest BCUT2D eigenvalue weighted by Gasteiger charge is 2.15. The minimum absolute atomic E-state index is 0. The largest absolute Gasteiger partial charge is 0.508 e. The van der Waals surface area contributed by atoms with E-state index >= 15 is 0 Å². The number of hydrogen-bond acceptors (Lipinski definition) is 4. The molecular formula is C19H27NO3. The van der Waals surface area contributed by atoms with Gasteiger partial charge in [-0.2, -0.15) is 0 Å². The van der Waals surface area contributed by atoms with Crippen LogP contribution in [-0.2, 0) is 22.6 Å². The maximum Gasteiger partial charge on any atom is 0.323 e. The minimum Gasteiger partial charge on any atom is -0.508 e. The Balaban J connectivity index is 0.00000155. The molecule has 0 saturated carbocycles. The van der Waals surface area contributed by atoms with Gasteiger partial charge >= 0.3 is 5.97 Å². The Morgan fingerprint density at radius 1 is 1.04 bits per heavy atom. The second kappa shape index (κ2) is 11.3. The first kappa shape index (κ1) is 20.7. The maximum absolute atomic E-state index is 11.8. The number of nitrogens with two attached hydrogens (primary N) is 1. The van der Waals surface area contributed by atoms with Gasteiger partial charge in [0.25, 0.3) is 0 Å². The van der Waals surface area contributed by atoms with Crippen LogP contribution in [0.4, 0.5) is 0 Å². The van der Waals surface area contributed by atoms with Crippen molar-refractivity contribution in [2.75, 3.05) is 0 Å². The van der Waals surface area contributed by atoms with Crippen LogP contribution in [-0.4, -0.2) is 17.1 Å². The Morgan fingerprint density at radius 2 is 1.61 bits per heavy atom. The third-order valence-electron chi connectivity index (χ3n) is 2.92. The van der Waals surface area contributed by atoms with Crippen LogP contribution in [0.3, 0.4) is 0 Å². The molecule has 23 heavy (non-hydrogen) atoms. The number of carbonyl (C=O) groups excluding carboxylic acids is 1. The van der Waals surface area contributed by atoms with Crippen molar-refractivity contribution in [3.63, 3.8) is 0 Å². The van der Waals surface area contributed by atoms with Gasteiger partial charge in [0.2, 0.25) is 0 Å². The van der Waals surface area contributed by atoms with Crippen LogP contribution in [0.5, 0.6) is 5.75 Å². The first-order valence-electron chi connectivity index (χ1n) is 7.39. The summed E-state index contributed by atoms with van der Waals surface area (Å²) >= 11 is 0. The molecule has 3 N–H and O–H groups in total. The molecule has 4 heteroatoms. The first-order chi connectivity index (χ1) is 10.6. The number of phenols is 1. The predicted octanol–water partition coefficient (Wildman–Crippen LogP) is 3.67. The fourth-order valence-corrected chi connectivity index (χ4v) is 1.81. The predicted molar refractivity (Wildman–Crippen MR) is 94.1 cm³/mol. The van der Waals surface area contributed by atoms with E-state index in [0.29, 0.717) is 6.42 Å². The molecule has 0 heterocycles. The number of esters is 1. The topological polar surface area (TPSA) is 72.5 Å². The summed E-state index contributed by atoms with van der Waals surface area (Å²) in [5, 5.41) is 9.19. The van der Waals surface area contributed by atoms with Crippen LogP contribution < -0.4 is 5.73 Å². The molecule has 0 saturated heterocycles. The first-order valence-corrected chi connectivity index (χ1v) is 7.39. The highest BCUT2D eigenvalue weighted by molar-refractivity contribution is 5.75. The maximum atomic E-state index is 11.8. The second-order valence-corrected chi connectivity index (χ2v) is 4.57. The minimum atomic E-state index is -0.705. The van der Waals surface area contributed by atoms with Gasteiger partial charge in [-0.1, -0.05) is 63.7 Å². The van der Waals surface area contributed by atoms with Crippen LogP contribution in [0.1, 0.15) is 32.4 Å². The molecule has 0 aliphatic rings. The molecule has 1 atom stereocenters. The van der Waals surface area contributed by atoms with Crippen molar-refractivity contribution >= 4 is 5.97 Å². The van der Waals surface area contributed by atoms with E-state index in [0.717, 1.165) is 11.1 Å². The highest BCUT2D eigenvalue weighted by atomic mass is 16.5. The van der Waals surface area contributed by atoms with Crippen LogP contribution in [0.15, 0.2) is 54.6 Å². The molecular weight excluding hydrogens is 290 g/mol. The summed E-state index contributed by atoms with van der Waals surface area (Å²) in [6.07, 6.45) is 0.383. The number of aromatic hydroxyl groups is 1. The van der Waals surface area contributed by atoms with E-state index in [2.05, 4.69) is 0 Å². The number of benzene rings is 2. The van der Waals surface area contributed by atoms with Gasteiger partial charge < -0.3 is 15.6 Å². The van der Waals surface area contributed by atoms with Gasteiger partial charge in [-0.15, -0.1) is 0 Å². The molecule has 0 amide bonds. The summed E-state index contributed by atoms with van der Waals surface area (Å²) in [5.74, 6) is -0.240. The molecule has 0 radical (unpaired) electrons. The van der Waals surface area contributed by atoms with Crippen molar-refractivity contribution in [3.8, 4) is 5.75 Å². The summed E-state index contributed by atoms with van der Waals surface area (Å²) in [6.45, 7) is 4.23. The summed E-state index contributed by atoms with van der Waals surface area (Å²) in [4.78, 5) is 11.8. The van der Waals surface area contributed by atoms with E-state index in [1.807, 2.05) is 44.2 Å². The van der Waals surface area contributed by atoms with Crippen molar-refractivity contribution in [1.82, 2.24) is 0 Å². The lowest BCUT2D eigenvalue weighted by molar-refractivity contribution is -0.146. The van der Waals surface area contributed by atoms with E-state index in [1.54, 1.807) is 24.3 Å². The molecule has 4 nitrogen and oxygen atoms in total. The SMILES string of the molecule is C.CC.NC(Cc1ccc(O)cc1)C(=O)OCc1ccccc1. The molecule has 0 aliphatic carbocycles. The molecule has 2 aromatic rings. The fourth-order valence-electron chi connectivity index (χ4n) is 1.81. The number of carbonyl (C=O) groups is 1. The molecule has 2 aromatic carbocycles. The van der Waals surface area contributed by atoms with Crippen molar-refractivity contribution in [1.29, 1.82) is 0 Å². The molecule has 0 fully saturated rings. The van der Waals surface area contributed by atoms with Crippen LogP contribution >= 0.6 is 0 Å². The molecule has 0 bridgehead atoms. The molecule has 126 valence electrons. The lowest BCUT2D eigenvalue weighted by Gasteiger charge is -2.11. The summed E-state index contributed by atoms with van der Waals surface area (Å²) in [7, 11) is 0. The van der Waals surface area contributed by atoms with Gasteiger partial charge in [0.15, 0.2) is 0 Å². The zero-order valence-corrected chi connectivity index (χ0v) is 13.0. The zero-order chi connectivity index (χ0) is 16.4. The van der Waals surface area contributed by atoms with Gasteiger partial charge in [-0.25, -0.2) is 0 Å². The monoisotopic (exact) mass is 317 g/mol. The molecule has 0 spiro atoms. The van der Waals surface area contributed by atoms with Gasteiger partial charge in [0.05, 0.1) is 0 Å². The Kier molecular flexibility index (Phi) is 10.1. The van der Waals surface area contributed by atoms with E-state index in [9.17, 15) is 9.90 Å². The Bertz CT molecular complexity index is 553. The fraction of sp³-hybridized carbons (Fsp3) is 0.316. The summed E-state index contributed by atoms with van der Waals surface area (Å²) in [5.41, 5.74) is 7.62. The van der Waals surface area contributed by atoms with E-state index < -0.39 is 12.0 Å². The molecule has 0 aromatic heterocycles. The van der Waals surface area contributed by atoms with Gasteiger partial charge in [-0.3, -0.25) is 4.79 Å². The normalized spacial score (nSPS) is 10.6. The Morgan fingerprint density at radius 3 is 2.17 bits per heavy atom. The lowest BCUT2D eigenvalue weighted by atomic mass is 10.1. The van der Waals surface area contributed by atoms with Crippen LogP contribution in [0, 0.1) is 0 Å². The summed E-state index contributed by atoms with van der Waals surface area (Å²) < 4.78 is 5.17. The van der Waals surface area contributed by atoms with Gasteiger partial charge in [0, 0.05) is 0 Å². The standard InChI is InChI=1S/C16H17NO3.C2H6.CH4/c17-15(10-12-6-8-14(18)9-7-12)16(19)20-11-13-4-2-1-3-5-13;1-2;/h1-9,15,18H,10-11,17H2;1-2H3;1H4. The lowest BCUT2D eigenvalue weighted by Crippen LogP contribution is -2.34. The quantitative estimate of drug-likeness (QED) is 0.825. The Labute approximate surface area is 138 Å². The van der Waals surface area contributed by atoms with Gasteiger partial charge in [-0.05, 0) is 29.7 Å². The van der Waals surface area contributed by atoms with Crippen molar-refractivity contribution in [3.05, 3.63) is 65.7 Å². The van der Waals surface area contributed by atoms with Crippen LogP contribution in [0.25, 0.3) is 0 Å². The number of ether oxygens (including phenoxy) is 1. The molecule has 0 aliphatic heterocycles. The Hall–Kier alpha value is -2.33. The summed E-state index contributed by atoms with van der Waals surface area (Å²) in [6, 6.07) is 15.4. The zero-order valence-electron chi connectivity index (χ0n) is 13.0. The van der Waals surface area contributed by atoms with Crippen molar-refractivity contribution in [2.24, 2.45) is 5.73 Å². The van der Waals surface area contributed by atoms with Crippen molar-refractivity contribution < 1.29 is 14.6 Å². The second-order valence-electron chi connectivity index (χ2n) is 4.57. The average Bonchev–Trinajstić information content (AvgIpc) is 2.57. The highest BCUT2D eigenvalue weighted by Crippen LogP contribution is 2.11. The van der Waals surface area contributed by atoms with E-state index in [1.165, 1.54) is 0 Å². The molecule has 2 rings (SSSR count). The van der Waals surface area contributed by atoms with E-state index in [4.69, 9.17) is 10.5 Å². The molecule has 1 unspecified atom stereocenters. The van der Waals surface area contributed by atoms with Crippen molar-refractivity contribution in [2.45, 2.75) is 40.3 Å². The third kappa shape index (κ3) is 7.47. The smallest absolute Gasteiger partial charge is 0.323 e. The van der Waals surface area contributed by atoms with Crippen LogP contribution in [0.2, 0.25) is 0 Å². The number of phenolic OH excluding ortho intramolecular Hbond substituents is 1. The van der Waals surface area contributed by atoms with E-state index in [-0.39, 0.29) is 19.8 Å². The van der Waals surface area contributed by atoms with Gasteiger partial charge in [0.1, 0.15) is 18.4 Å². The number of rotatable bonds is 5. The third-order valence-corrected chi connectivity index (χ3v) is 2.92. The average molecular weight is 317 g/mol. The number of hydrogen-bond donors (Lipinski definition) is 2.